The van der Waals surface area contributed by atoms with Crippen molar-refractivity contribution >= 4 is 13.9 Å². The topological polar surface area (TPSA) is 26.3 Å². The van der Waals surface area contributed by atoms with Crippen LogP contribution in [0.2, 0.25) is 23.7 Å². The maximum Gasteiger partial charge on any atom is 0.163 e. The number of hydrogen-bond donors (Lipinski definition) is 0. The van der Waals surface area contributed by atoms with Crippen molar-refractivity contribution in [3.8, 4) is 5.75 Å². The average molecular weight is 307 g/mol. The Hall–Kier alpha value is -1.09. The summed E-state index contributed by atoms with van der Waals surface area (Å²) in [7, 11) is -0.0587. The summed E-state index contributed by atoms with van der Waals surface area (Å²) in [5.74, 6) is 1.11. The molecular formula is C18H30O2Si. The zero-order valence-electron chi connectivity index (χ0n) is 14.6. The Morgan fingerprint density at radius 3 is 2.10 bits per heavy atom. The van der Waals surface area contributed by atoms with Gasteiger partial charge in [0.25, 0.3) is 0 Å². The Morgan fingerprint density at radius 1 is 1.19 bits per heavy atom. The van der Waals surface area contributed by atoms with Crippen LogP contribution in [0.25, 0.3) is 0 Å². The fraction of sp³-hybridized carbons (Fsp3) is 0.611. The first-order valence-corrected chi connectivity index (χ1v) is 10.9. The van der Waals surface area contributed by atoms with E-state index >= 15 is 0 Å². The van der Waals surface area contributed by atoms with Crippen LogP contribution in [0.4, 0.5) is 0 Å². The Bertz CT molecular complexity index is 469. The predicted molar refractivity (Wildman–Crippen MR) is 93.2 cm³/mol. The van der Waals surface area contributed by atoms with Gasteiger partial charge in [0.2, 0.25) is 0 Å². The number of ether oxygens (including phenoxy) is 1. The third-order valence-corrected chi connectivity index (χ3v) is 11.2. The molecule has 118 valence electrons. The lowest BCUT2D eigenvalue weighted by Crippen LogP contribution is -2.45. The molecule has 0 saturated heterocycles. The van der Waals surface area contributed by atoms with E-state index in [0.29, 0.717) is 5.78 Å². The van der Waals surface area contributed by atoms with Crippen molar-refractivity contribution in [1.29, 1.82) is 0 Å². The van der Waals surface area contributed by atoms with Crippen LogP contribution in [-0.4, -0.2) is 21.0 Å². The van der Waals surface area contributed by atoms with Crippen LogP contribution in [0, 0.1) is 0 Å². The van der Waals surface area contributed by atoms with Gasteiger partial charge < -0.3 is 4.74 Å². The SMILES string of the molecule is CCCC(C(=O)c1ccc(OC)cc1)[Si](C)(C)C(C)(C)C. The molecule has 0 aliphatic rings. The van der Waals surface area contributed by atoms with Crippen LogP contribution in [0.15, 0.2) is 24.3 Å². The molecule has 2 nitrogen and oxygen atoms in total. The van der Waals surface area contributed by atoms with E-state index in [-0.39, 0.29) is 10.6 Å². The summed E-state index contributed by atoms with van der Waals surface area (Å²) >= 11 is 0. The summed E-state index contributed by atoms with van der Waals surface area (Å²) in [6, 6.07) is 7.55. The molecule has 3 heteroatoms. The van der Waals surface area contributed by atoms with E-state index in [1.165, 1.54) is 0 Å². The smallest absolute Gasteiger partial charge is 0.163 e. The second kappa shape index (κ2) is 6.78. The molecule has 0 aliphatic heterocycles. The quantitative estimate of drug-likeness (QED) is 0.508. The van der Waals surface area contributed by atoms with Gasteiger partial charge in [0.15, 0.2) is 5.78 Å². The number of benzene rings is 1. The number of carbonyl (C=O) groups excluding carboxylic acids is 1. The van der Waals surface area contributed by atoms with Crippen molar-refractivity contribution in [2.24, 2.45) is 0 Å². The van der Waals surface area contributed by atoms with Gasteiger partial charge in [-0.3, -0.25) is 4.79 Å². The third-order valence-electron chi connectivity index (χ3n) is 5.07. The van der Waals surface area contributed by atoms with Gasteiger partial charge in [0.1, 0.15) is 5.75 Å². The molecule has 1 rings (SSSR count). The maximum absolute atomic E-state index is 13.0. The minimum atomic E-state index is -1.70. The van der Waals surface area contributed by atoms with Gasteiger partial charge in [0, 0.05) is 11.1 Å². The second-order valence-electron chi connectivity index (χ2n) is 7.41. The minimum absolute atomic E-state index is 0.177. The van der Waals surface area contributed by atoms with Crippen molar-refractivity contribution < 1.29 is 9.53 Å². The van der Waals surface area contributed by atoms with Crippen LogP contribution in [0.3, 0.4) is 0 Å². The Kier molecular flexibility index (Phi) is 5.80. The van der Waals surface area contributed by atoms with Crippen molar-refractivity contribution in [2.75, 3.05) is 7.11 Å². The summed E-state index contributed by atoms with van der Waals surface area (Å²) in [6.07, 6.45) is 2.04. The molecule has 1 atom stereocenters. The zero-order valence-corrected chi connectivity index (χ0v) is 15.6. The molecule has 0 bridgehead atoms. The summed E-state index contributed by atoms with van der Waals surface area (Å²) in [6.45, 7) is 13.7. The summed E-state index contributed by atoms with van der Waals surface area (Å²) in [5.41, 5.74) is 0.995. The number of hydrogen-bond acceptors (Lipinski definition) is 2. The van der Waals surface area contributed by atoms with Crippen molar-refractivity contribution in [2.45, 2.75) is 64.2 Å². The van der Waals surface area contributed by atoms with Crippen molar-refractivity contribution in [3.05, 3.63) is 29.8 Å². The molecule has 1 aromatic carbocycles. The van der Waals surface area contributed by atoms with E-state index in [1.807, 2.05) is 24.3 Å². The van der Waals surface area contributed by atoms with Gasteiger partial charge in [-0.2, -0.15) is 0 Å². The van der Waals surface area contributed by atoms with E-state index in [1.54, 1.807) is 7.11 Å². The molecule has 0 amide bonds. The van der Waals surface area contributed by atoms with Crippen LogP contribution in [0.1, 0.15) is 50.9 Å². The molecule has 0 radical (unpaired) electrons. The zero-order chi connectivity index (χ0) is 16.3. The molecule has 1 aromatic rings. The summed E-state index contributed by atoms with van der Waals surface area (Å²) in [5, 5.41) is 0.217. The lowest BCUT2D eigenvalue weighted by atomic mass is 10.0. The fourth-order valence-corrected chi connectivity index (χ4v) is 5.47. The number of methoxy groups -OCH3 is 1. The maximum atomic E-state index is 13.0. The first kappa shape index (κ1) is 18.0. The van der Waals surface area contributed by atoms with Crippen molar-refractivity contribution in [1.82, 2.24) is 0 Å². The Morgan fingerprint density at radius 2 is 1.71 bits per heavy atom. The highest BCUT2D eigenvalue weighted by Gasteiger charge is 2.44. The third kappa shape index (κ3) is 3.97. The van der Waals surface area contributed by atoms with Crippen LogP contribution in [0.5, 0.6) is 5.75 Å². The fourth-order valence-electron chi connectivity index (χ4n) is 2.59. The monoisotopic (exact) mass is 306 g/mol. The predicted octanol–water partition coefficient (Wildman–Crippen LogP) is 5.56. The Labute approximate surface area is 130 Å². The van der Waals surface area contributed by atoms with Crippen molar-refractivity contribution in [3.63, 3.8) is 0 Å². The molecule has 0 saturated carbocycles. The lowest BCUT2D eigenvalue weighted by molar-refractivity contribution is 0.0975. The Balaban J connectivity index is 3.12. The molecule has 0 fully saturated rings. The summed E-state index contributed by atoms with van der Waals surface area (Å²) in [4.78, 5) is 13.0. The van der Waals surface area contributed by atoms with Gasteiger partial charge in [-0.05, 0) is 35.7 Å². The standard InChI is InChI=1S/C18H30O2Si/c1-8-9-16(21(6,7)18(2,3)4)17(19)14-10-12-15(20-5)13-11-14/h10-13,16H,8-9H2,1-7H3. The minimum Gasteiger partial charge on any atom is -0.497 e. The molecule has 0 heterocycles. The number of Topliss-reactive ketones (excluding diaryl/α,β-unsaturated/α-hetero) is 1. The molecule has 0 aromatic heterocycles. The molecule has 21 heavy (non-hydrogen) atoms. The van der Waals surface area contributed by atoms with E-state index < -0.39 is 8.07 Å². The number of ketones is 1. The highest BCUT2D eigenvalue weighted by molar-refractivity contribution is 6.84. The van der Waals surface area contributed by atoms with Gasteiger partial charge in [-0.25, -0.2) is 0 Å². The molecule has 0 aliphatic carbocycles. The molecular weight excluding hydrogens is 276 g/mol. The van der Waals surface area contributed by atoms with E-state index in [4.69, 9.17) is 4.74 Å². The number of carbonyl (C=O) groups is 1. The van der Waals surface area contributed by atoms with Crippen LogP contribution in [-0.2, 0) is 0 Å². The number of rotatable bonds is 6. The lowest BCUT2D eigenvalue weighted by Gasteiger charge is -2.42. The second-order valence-corrected chi connectivity index (χ2v) is 13.0. The molecule has 0 spiro atoms. The van der Waals surface area contributed by atoms with E-state index in [9.17, 15) is 4.79 Å². The average Bonchev–Trinajstić information content (AvgIpc) is 2.42. The van der Waals surface area contributed by atoms with E-state index in [0.717, 1.165) is 24.2 Å². The van der Waals surface area contributed by atoms with Crippen LogP contribution < -0.4 is 4.74 Å². The van der Waals surface area contributed by atoms with Gasteiger partial charge in [0.05, 0.1) is 15.2 Å². The highest BCUT2D eigenvalue weighted by Crippen LogP contribution is 2.46. The highest BCUT2D eigenvalue weighted by atomic mass is 28.3. The normalized spacial score (nSPS) is 13.9. The van der Waals surface area contributed by atoms with Gasteiger partial charge in [-0.15, -0.1) is 0 Å². The van der Waals surface area contributed by atoms with Gasteiger partial charge >= 0.3 is 0 Å². The van der Waals surface area contributed by atoms with E-state index in [2.05, 4.69) is 40.8 Å². The first-order valence-electron chi connectivity index (χ1n) is 7.83. The largest absolute Gasteiger partial charge is 0.497 e. The first-order chi connectivity index (χ1) is 9.65. The summed E-state index contributed by atoms with van der Waals surface area (Å²) < 4.78 is 5.18. The van der Waals surface area contributed by atoms with Gasteiger partial charge in [-0.1, -0.05) is 47.2 Å². The molecule has 0 N–H and O–H groups in total. The van der Waals surface area contributed by atoms with Crippen LogP contribution >= 0.6 is 0 Å². The molecule has 1 unspecified atom stereocenters.